The van der Waals surface area contributed by atoms with Crippen LogP contribution in [0.5, 0.6) is 0 Å². The van der Waals surface area contributed by atoms with Crippen LogP contribution in [-0.4, -0.2) is 60.9 Å². The minimum Gasteiger partial charge on any atom is -0.466 e. The average molecular weight is 778 g/mol. The molecule has 0 heterocycles. The Morgan fingerprint density at radius 2 is 0.982 bits per heavy atom. The largest absolute Gasteiger partial charge is 0.466 e. The number of hydrogen-bond donors (Lipinski definition) is 1. The van der Waals surface area contributed by atoms with E-state index in [1.54, 1.807) is 0 Å². The van der Waals surface area contributed by atoms with Crippen LogP contribution in [0.2, 0.25) is 0 Å². The van der Waals surface area contributed by atoms with Crippen LogP contribution in [0.25, 0.3) is 0 Å². The fraction of sp³-hybridized carbons (Fsp3) is 0.959. The third-order valence-electron chi connectivity index (χ3n) is 12.4. The van der Waals surface area contributed by atoms with Crippen LogP contribution in [0, 0.1) is 5.41 Å². The summed E-state index contributed by atoms with van der Waals surface area (Å²) in [6.07, 6.45) is 43.5. The van der Waals surface area contributed by atoms with Crippen molar-refractivity contribution < 1.29 is 24.2 Å². The van der Waals surface area contributed by atoms with Gasteiger partial charge in [-0.05, 0) is 103 Å². The molecular weight excluding hydrogens is 683 g/mol. The second-order valence-electron chi connectivity index (χ2n) is 17.6. The van der Waals surface area contributed by atoms with Crippen molar-refractivity contribution in [1.29, 1.82) is 0 Å². The molecule has 0 atom stereocenters. The fourth-order valence-electron chi connectivity index (χ4n) is 8.39. The van der Waals surface area contributed by atoms with Crippen molar-refractivity contribution in [2.24, 2.45) is 5.41 Å². The number of nitrogens with zero attached hydrogens (tertiary/aromatic N) is 1. The van der Waals surface area contributed by atoms with E-state index in [4.69, 9.17) is 9.47 Å². The lowest BCUT2D eigenvalue weighted by Gasteiger charge is -2.40. The molecule has 1 aliphatic rings. The van der Waals surface area contributed by atoms with Gasteiger partial charge in [0.2, 0.25) is 0 Å². The Morgan fingerprint density at radius 3 is 1.47 bits per heavy atom. The highest BCUT2D eigenvalue weighted by Crippen LogP contribution is 2.46. The first-order valence-corrected chi connectivity index (χ1v) is 24.7. The molecule has 326 valence electrons. The van der Waals surface area contributed by atoms with Crippen LogP contribution < -0.4 is 0 Å². The van der Waals surface area contributed by atoms with Crippen molar-refractivity contribution >= 4 is 11.9 Å². The van der Waals surface area contributed by atoms with E-state index in [-0.39, 0.29) is 30.1 Å². The lowest BCUT2D eigenvalue weighted by molar-refractivity contribution is -0.169. The third-order valence-corrected chi connectivity index (χ3v) is 12.4. The molecule has 6 heteroatoms. The van der Waals surface area contributed by atoms with Gasteiger partial charge >= 0.3 is 11.9 Å². The van der Waals surface area contributed by atoms with E-state index in [2.05, 4.69) is 25.7 Å². The van der Waals surface area contributed by atoms with E-state index in [0.717, 1.165) is 96.7 Å². The van der Waals surface area contributed by atoms with Gasteiger partial charge in [-0.2, -0.15) is 0 Å². The first-order chi connectivity index (χ1) is 27.0. The molecule has 0 aliphatic heterocycles. The molecule has 1 rings (SSSR count). The second kappa shape index (κ2) is 38.4. The van der Waals surface area contributed by atoms with Crippen LogP contribution in [0.4, 0.5) is 0 Å². The van der Waals surface area contributed by atoms with Crippen molar-refractivity contribution in [3.63, 3.8) is 0 Å². The predicted octanol–water partition coefficient (Wildman–Crippen LogP) is 14.2. The normalized spacial score (nSPS) is 13.8. The number of aliphatic hydroxyl groups is 1. The third kappa shape index (κ3) is 29.7. The molecule has 0 saturated heterocycles. The van der Waals surface area contributed by atoms with Crippen LogP contribution in [-0.2, 0) is 19.1 Å². The van der Waals surface area contributed by atoms with Crippen molar-refractivity contribution in [3.05, 3.63) is 0 Å². The summed E-state index contributed by atoms with van der Waals surface area (Å²) in [6, 6.07) is 0. The summed E-state index contributed by atoms with van der Waals surface area (Å²) in [5.41, 5.74) is -0.203. The number of ether oxygens (including phenoxy) is 2. The summed E-state index contributed by atoms with van der Waals surface area (Å²) in [4.78, 5) is 28.3. The molecule has 6 nitrogen and oxygen atoms in total. The van der Waals surface area contributed by atoms with Gasteiger partial charge in [0.1, 0.15) is 6.10 Å². The van der Waals surface area contributed by atoms with Gasteiger partial charge in [-0.25, -0.2) is 0 Å². The van der Waals surface area contributed by atoms with Gasteiger partial charge in [0.25, 0.3) is 0 Å². The average Bonchev–Trinajstić information content (AvgIpc) is 3.16. The molecule has 0 aromatic rings. The van der Waals surface area contributed by atoms with Crippen molar-refractivity contribution in [1.82, 2.24) is 4.90 Å². The standard InChI is InChI=1S/C49H95NO5/c1-4-7-10-13-16-20-27-37-47(52)54-45-33-24-17-22-29-41-50(43-31-32-44-51)42-30-23-21-28-38-49(39-34-40-49)48(53)55-46(35-25-18-14-11-8-5-2)36-26-19-15-12-9-6-3/h46,51H,4-45H2,1-3H3. The maximum absolute atomic E-state index is 13.7. The van der Waals surface area contributed by atoms with Gasteiger partial charge in [0.05, 0.1) is 12.0 Å². The molecule has 0 aromatic heterocycles. The minimum absolute atomic E-state index is 0.0153. The molecule has 0 aromatic carbocycles. The highest BCUT2D eigenvalue weighted by Gasteiger charge is 2.45. The van der Waals surface area contributed by atoms with Crippen molar-refractivity contribution in [2.75, 3.05) is 32.8 Å². The topological polar surface area (TPSA) is 76.1 Å². The van der Waals surface area contributed by atoms with Crippen molar-refractivity contribution in [2.45, 2.75) is 264 Å². The zero-order valence-corrected chi connectivity index (χ0v) is 37.3. The van der Waals surface area contributed by atoms with E-state index in [9.17, 15) is 14.7 Å². The Bertz CT molecular complexity index is 829. The molecule has 0 amide bonds. The Hall–Kier alpha value is -1.14. The molecule has 0 radical (unpaired) electrons. The molecule has 1 aliphatic carbocycles. The Balaban J connectivity index is 2.30. The van der Waals surface area contributed by atoms with Crippen LogP contribution in [0.15, 0.2) is 0 Å². The number of rotatable bonds is 43. The monoisotopic (exact) mass is 778 g/mol. The van der Waals surface area contributed by atoms with Gasteiger partial charge in [-0.15, -0.1) is 0 Å². The predicted molar refractivity (Wildman–Crippen MR) is 235 cm³/mol. The van der Waals surface area contributed by atoms with E-state index in [1.165, 1.54) is 154 Å². The zero-order chi connectivity index (χ0) is 39.9. The molecule has 0 bridgehead atoms. The summed E-state index contributed by atoms with van der Waals surface area (Å²) < 4.78 is 11.9. The van der Waals surface area contributed by atoms with Gasteiger partial charge in [-0.1, -0.05) is 168 Å². The smallest absolute Gasteiger partial charge is 0.312 e. The number of aliphatic hydroxyl groups excluding tert-OH is 1. The summed E-state index contributed by atoms with van der Waals surface area (Å²) >= 11 is 0. The maximum Gasteiger partial charge on any atom is 0.312 e. The first kappa shape index (κ1) is 51.9. The lowest BCUT2D eigenvalue weighted by Crippen LogP contribution is -2.41. The molecule has 1 fully saturated rings. The van der Waals surface area contributed by atoms with Crippen LogP contribution in [0.3, 0.4) is 0 Å². The number of carbonyl (C=O) groups is 2. The van der Waals surface area contributed by atoms with Gasteiger partial charge in [0.15, 0.2) is 0 Å². The summed E-state index contributed by atoms with van der Waals surface area (Å²) in [7, 11) is 0. The Labute approximate surface area is 342 Å². The van der Waals surface area contributed by atoms with Gasteiger partial charge in [-0.3, -0.25) is 9.59 Å². The molecule has 55 heavy (non-hydrogen) atoms. The minimum atomic E-state index is -0.203. The van der Waals surface area contributed by atoms with E-state index < -0.39 is 0 Å². The summed E-state index contributed by atoms with van der Waals surface area (Å²) in [6.45, 7) is 11.0. The van der Waals surface area contributed by atoms with E-state index in [1.807, 2.05) is 0 Å². The molecule has 0 unspecified atom stereocenters. The highest BCUT2D eigenvalue weighted by atomic mass is 16.5. The summed E-state index contributed by atoms with van der Waals surface area (Å²) in [5, 5.41) is 9.34. The van der Waals surface area contributed by atoms with Crippen molar-refractivity contribution in [3.8, 4) is 0 Å². The molecule has 0 spiro atoms. The number of hydrogen-bond acceptors (Lipinski definition) is 6. The number of unbranched alkanes of at least 4 members (excludes halogenated alkanes) is 24. The van der Waals surface area contributed by atoms with E-state index >= 15 is 0 Å². The Morgan fingerprint density at radius 1 is 0.545 bits per heavy atom. The Kier molecular flexibility index (Phi) is 36.2. The fourth-order valence-corrected chi connectivity index (χ4v) is 8.39. The van der Waals surface area contributed by atoms with Gasteiger partial charge < -0.3 is 19.5 Å². The quantitative estimate of drug-likeness (QED) is 0.0491. The number of esters is 2. The lowest BCUT2D eigenvalue weighted by atomic mass is 9.66. The van der Waals surface area contributed by atoms with Crippen LogP contribution >= 0.6 is 0 Å². The zero-order valence-electron chi connectivity index (χ0n) is 37.3. The van der Waals surface area contributed by atoms with Crippen LogP contribution in [0.1, 0.15) is 258 Å². The second-order valence-corrected chi connectivity index (χ2v) is 17.6. The first-order valence-electron chi connectivity index (χ1n) is 24.7. The maximum atomic E-state index is 13.7. The molecular formula is C49H95NO5. The SMILES string of the molecule is CCCCCCCCCC(=O)OCCCCCCCN(CCCCO)CCCCCCC1(C(=O)OC(CCCCCCCC)CCCCCCCC)CCC1. The highest BCUT2D eigenvalue weighted by molar-refractivity contribution is 5.78. The molecule has 1 N–H and O–H groups in total. The van der Waals surface area contributed by atoms with Gasteiger partial charge in [0, 0.05) is 13.0 Å². The summed E-state index contributed by atoms with van der Waals surface area (Å²) in [5.74, 6) is 0.119. The molecule has 1 saturated carbocycles. The van der Waals surface area contributed by atoms with E-state index in [0.29, 0.717) is 13.0 Å². The number of carbonyl (C=O) groups excluding carboxylic acids is 2.